The Bertz CT molecular complexity index is 441. The van der Waals surface area contributed by atoms with Gasteiger partial charge in [0.15, 0.2) is 0 Å². The van der Waals surface area contributed by atoms with Gasteiger partial charge in [-0.3, -0.25) is 4.79 Å². The van der Waals surface area contributed by atoms with Crippen LogP contribution in [-0.2, 0) is 4.79 Å². The highest BCUT2D eigenvalue weighted by atomic mass is 16.1. The van der Waals surface area contributed by atoms with Gasteiger partial charge in [-0.25, -0.2) is 0 Å². The van der Waals surface area contributed by atoms with Gasteiger partial charge in [0.25, 0.3) is 0 Å². The van der Waals surface area contributed by atoms with Crippen molar-refractivity contribution < 1.29 is 4.79 Å². The molecule has 1 aliphatic carbocycles. The van der Waals surface area contributed by atoms with Crippen LogP contribution in [-0.4, -0.2) is 11.9 Å². The van der Waals surface area contributed by atoms with Crippen molar-refractivity contribution >= 4 is 17.3 Å². The van der Waals surface area contributed by atoms with Gasteiger partial charge in [-0.2, -0.15) is 0 Å². The molecular formula is C17H26N2O. The maximum atomic E-state index is 11.3. The second kappa shape index (κ2) is 6.78. The van der Waals surface area contributed by atoms with Gasteiger partial charge in [-0.05, 0) is 55.4 Å². The molecule has 3 heteroatoms. The topological polar surface area (TPSA) is 41.1 Å². The van der Waals surface area contributed by atoms with E-state index in [4.69, 9.17) is 0 Å². The van der Waals surface area contributed by atoms with Crippen molar-refractivity contribution in [2.24, 2.45) is 11.8 Å². The Morgan fingerprint density at radius 3 is 2.35 bits per heavy atom. The van der Waals surface area contributed by atoms with Crippen molar-refractivity contribution in [3.05, 3.63) is 24.3 Å². The maximum Gasteiger partial charge on any atom is 0.224 e. The summed E-state index contributed by atoms with van der Waals surface area (Å²) in [6.07, 6.45) is 4.32. The van der Waals surface area contributed by atoms with Crippen molar-refractivity contribution in [3.63, 3.8) is 0 Å². The first-order chi connectivity index (χ1) is 9.58. The Labute approximate surface area is 122 Å². The zero-order valence-corrected chi connectivity index (χ0v) is 12.8. The molecule has 0 heterocycles. The molecule has 3 nitrogen and oxygen atoms in total. The molecule has 1 amide bonds. The van der Waals surface area contributed by atoms with E-state index in [2.05, 4.69) is 24.5 Å². The highest BCUT2D eigenvalue weighted by Crippen LogP contribution is 2.31. The van der Waals surface area contributed by atoms with Crippen LogP contribution in [0.4, 0.5) is 11.4 Å². The van der Waals surface area contributed by atoms with Gasteiger partial charge in [0.05, 0.1) is 0 Å². The van der Waals surface area contributed by atoms with Crippen LogP contribution < -0.4 is 10.6 Å². The number of rotatable bonds is 4. The molecule has 3 atom stereocenters. The van der Waals surface area contributed by atoms with E-state index in [1.54, 1.807) is 0 Å². The molecule has 0 spiro atoms. The van der Waals surface area contributed by atoms with Gasteiger partial charge in [0, 0.05) is 23.8 Å². The summed E-state index contributed by atoms with van der Waals surface area (Å²) in [4.78, 5) is 11.3. The monoisotopic (exact) mass is 274 g/mol. The maximum absolute atomic E-state index is 11.3. The summed E-state index contributed by atoms with van der Waals surface area (Å²) in [5, 5.41) is 6.48. The molecule has 110 valence electrons. The third-order valence-corrected chi connectivity index (χ3v) is 4.46. The number of benzene rings is 1. The molecule has 1 saturated carbocycles. The largest absolute Gasteiger partial charge is 0.382 e. The molecule has 1 aromatic carbocycles. The quantitative estimate of drug-likeness (QED) is 0.860. The summed E-state index contributed by atoms with van der Waals surface area (Å²) < 4.78 is 0. The lowest BCUT2D eigenvalue weighted by Crippen LogP contribution is -2.30. The molecule has 1 fully saturated rings. The molecule has 20 heavy (non-hydrogen) atoms. The van der Waals surface area contributed by atoms with Crippen molar-refractivity contribution in [1.29, 1.82) is 0 Å². The second-order valence-corrected chi connectivity index (χ2v) is 6.09. The Morgan fingerprint density at radius 1 is 1.10 bits per heavy atom. The summed E-state index contributed by atoms with van der Waals surface area (Å²) in [6, 6.07) is 8.61. The SMILES string of the molecule is CCC(=O)Nc1ccc(NC2CCC(C)C(C)C2)cc1. The number of nitrogens with one attached hydrogen (secondary N) is 2. The fourth-order valence-electron chi connectivity index (χ4n) is 2.81. The predicted octanol–water partition coefficient (Wildman–Crippen LogP) is 4.27. The number of hydrogen-bond donors (Lipinski definition) is 2. The van der Waals surface area contributed by atoms with Crippen molar-refractivity contribution in [2.45, 2.75) is 52.5 Å². The zero-order valence-electron chi connectivity index (χ0n) is 12.8. The fourth-order valence-corrected chi connectivity index (χ4v) is 2.81. The minimum atomic E-state index is 0.0563. The molecule has 1 aliphatic rings. The van der Waals surface area contributed by atoms with Gasteiger partial charge >= 0.3 is 0 Å². The normalized spacial score (nSPS) is 26.1. The Balaban J connectivity index is 1.89. The lowest BCUT2D eigenvalue weighted by atomic mass is 9.79. The predicted molar refractivity (Wildman–Crippen MR) is 85.0 cm³/mol. The van der Waals surface area contributed by atoms with Crippen LogP contribution in [0.25, 0.3) is 0 Å². The first kappa shape index (κ1) is 14.9. The van der Waals surface area contributed by atoms with E-state index in [1.807, 2.05) is 31.2 Å². The number of carbonyl (C=O) groups is 1. The molecule has 1 aromatic rings. The summed E-state index contributed by atoms with van der Waals surface area (Å²) in [6.45, 7) is 6.56. The second-order valence-electron chi connectivity index (χ2n) is 6.09. The highest BCUT2D eigenvalue weighted by Gasteiger charge is 2.24. The van der Waals surface area contributed by atoms with Crippen LogP contribution in [0.3, 0.4) is 0 Å². The molecule has 0 bridgehead atoms. The molecule has 2 N–H and O–H groups in total. The first-order valence-electron chi connectivity index (χ1n) is 7.75. The minimum absolute atomic E-state index is 0.0563. The summed E-state index contributed by atoms with van der Waals surface area (Å²) in [5.74, 6) is 1.70. The molecule has 0 aliphatic heterocycles. The van der Waals surface area contributed by atoms with Crippen LogP contribution in [0.1, 0.15) is 46.5 Å². The van der Waals surface area contributed by atoms with Crippen LogP contribution >= 0.6 is 0 Å². The van der Waals surface area contributed by atoms with E-state index in [1.165, 1.54) is 19.3 Å². The summed E-state index contributed by atoms with van der Waals surface area (Å²) in [5.41, 5.74) is 2.01. The highest BCUT2D eigenvalue weighted by molar-refractivity contribution is 5.90. The zero-order chi connectivity index (χ0) is 14.5. The average Bonchev–Trinajstić information content (AvgIpc) is 2.45. The third kappa shape index (κ3) is 3.99. The number of hydrogen-bond acceptors (Lipinski definition) is 2. The Kier molecular flexibility index (Phi) is 5.05. The van der Waals surface area contributed by atoms with Crippen LogP contribution in [0.15, 0.2) is 24.3 Å². The molecule has 3 unspecified atom stereocenters. The van der Waals surface area contributed by atoms with E-state index in [-0.39, 0.29) is 5.91 Å². The van der Waals surface area contributed by atoms with Crippen LogP contribution in [0, 0.1) is 11.8 Å². The van der Waals surface area contributed by atoms with Crippen LogP contribution in [0.5, 0.6) is 0 Å². The van der Waals surface area contributed by atoms with E-state index in [0.29, 0.717) is 12.5 Å². The van der Waals surface area contributed by atoms with Gasteiger partial charge in [0.2, 0.25) is 5.91 Å². The van der Waals surface area contributed by atoms with Gasteiger partial charge < -0.3 is 10.6 Å². The number of carbonyl (C=O) groups excluding carboxylic acids is 1. The lowest BCUT2D eigenvalue weighted by molar-refractivity contribution is -0.115. The van der Waals surface area contributed by atoms with Crippen molar-refractivity contribution in [1.82, 2.24) is 0 Å². The standard InChI is InChI=1S/C17H26N2O/c1-4-17(20)19-15-9-7-14(8-10-15)18-16-6-5-12(2)13(3)11-16/h7-10,12-13,16,18H,4-6,11H2,1-3H3,(H,19,20). The molecule has 0 radical (unpaired) electrons. The molecule has 0 aromatic heterocycles. The van der Waals surface area contributed by atoms with Crippen molar-refractivity contribution in [3.8, 4) is 0 Å². The van der Waals surface area contributed by atoms with Crippen LogP contribution in [0.2, 0.25) is 0 Å². The van der Waals surface area contributed by atoms with E-state index >= 15 is 0 Å². The fraction of sp³-hybridized carbons (Fsp3) is 0.588. The third-order valence-electron chi connectivity index (χ3n) is 4.46. The minimum Gasteiger partial charge on any atom is -0.382 e. The summed E-state index contributed by atoms with van der Waals surface area (Å²) >= 11 is 0. The smallest absolute Gasteiger partial charge is 0.224 e. The van der Waals surface area contributed by atoms with E-state index < -0.39 is 0 Å². The molecular weight excluding hydrogens is 248 g/mol. The van der Waals surface area contributed by atoms with Gasteiger partial charge in [0.1, 0.15) is 0 Å². The average molecular weight is 274 g/mol. The lowest BCUT2D eigenvalue weighted by Gasteiger charge is -2.33. The van der Waals surface area contributed by atoms with E-state index in [0.717, 1.165) is 23.2 Å². The van der Waals surface area contributed by atoms with Crippen molar-refractivity contribution in [2.75, 3.05) is 10.6 Å². The first-order valence-corrected chi connectivity index (χ1v) is 7.75. The number of anilines is 2. The molecule has 2 rings (SSSR count). The molecule has 0 saturated heterocycles. The van der Waals surface area contributed by atoms with E-state index in [9.17, 15) is 4.79 Å². The van der Waals surface area contributed by atoms with Gasteiger partial charge in [-0.1, -0.05) is 20.8 Å². The Hall–Kier alpha value is -1.51. The number of amides is 1. The Morgan fingerprint density at radius 2 is 1.75 bits per heavy atom. The van der Waals surface area contributed by atoms with Gasteiger partial charge in [-0.15, -0.1) is 0 Å². The summed E-state index contributed by atoms with van der Waals surface area (Å²) in [7, 11) is 0.